The molecule has 0 atom stereocenters. The number of rotatable bonds is 3. The van der Waals surface area contributed by atoms with Crippen molar-refractivity contribution in [2.75, 3.05) is 0 Å². The molecule has 1 heterocycles. The molecule has 0 radical (unpaired) electrons. The summed E-state index contributed by atoms with van der Waals surface area (Å²) >= 11 is 0. The summed E-state index contributed by atoms with van der Waals surface area (Å²) in [6, 6.07) is 11.3. The lowest BCUT2D eigenvalue weighted by Crippen LogP contribution is -2.19. The van der Waals surface area contributed by atoms with Crippen molar-refractivity contribution in [3.05, 3.63) is 59.0 Å². The van der Waals surface area contributed by atoms with Crippen molar-refractivity contribution >= 4 is 11.6 Å². The van der Waals surface area contributed by atoms with E-state index in [-0.39, 0.29) is 11.3 Å². The van der Waals surface area contributed by atoms with Gasteiger partial charge in [-0.2, -0.15) is 5.10 Å². The van der Waals surface area contributed by atoms with Crippen LogP contribution in [0, 0.1) is 6.92 Å². The number of carbonyl (C=O) groups excluding carboxylic acids is 1. The molecule has 22 heavy (non-hydrogen) atoms. The van der Waals surface area contributed by atoms with E-state index in [0.29, 0.717) is 17.0 Å². The molecule has 0 saturated carbocycles. The Labute approximate surface area is 131 Å². The number of nitrogens with one attached hydrogen (secondary N) is 1. The van der Waals surface area contributed by atoms with Crippen molar-refractivity contribution in [3.63, 3.8) is 0 Å². The SMILES string of the molecule is CC(=NNC(=O)c1ccc(C(C)(C)C)cc1)c1ccc(C)o1. The Kier molecular flexibility index (Phi) is 4.50. The smallest absolute Gasteiger partial charge is 0.271 e. The molecule has 0 aliphatic rings. The highest BCUT2D eigenvalue weighted by molar-refractivity contribution is 5.99. The van der Waals surface area contributed by atoms with Crippen molar-refractivity contribution < 1.29 is 9.21 Å². The fourth-order valence-electron chi connectivity index (χ4n) is 2.00. The molecule has 0 aliphatic heterocycles. The van der Waals surface area contributed by atoms with E-state index in [1.54, 1.807) is 6.92 Å². The molecule has 2 aromatic rings. The fraction of sp³-hybridized carbons (Fsp3) is 0.333. The second kappa shape index (κ2) is 6.18. The van der Waals surface area contributed by atoms with Gasteiger partial charge in [0.1, 0.15) is 17.2 Å². The van der Waals surface area contributed by atoms with Crippen LogP contribution in [0.3, 0.4) is 0 Å². The third-order valence-corrected chi connectivity index (χ3v) is 3.44. The summed E-state index contributed by atoms with van der Waals surface area (Å²) in [5, 5.41) is 4.08. The molecule has 1 amide bonds. The lowest BCUT2D eigenvalue weighted by molar-refractivity contribution is 0.0954. The molecule has 0 aliphatic carbocycles. The van der Waals surface area contributed by atoms with Gasteiger partial charge in [-0.3, -0.25) is 4.79 Å². The van der Waals surface area contributed by atoms with Gasteiger partial charge >= 0.3 is 0 Å². The van der Waals surface area contributed by atoms with Gasteiger partial charge in [-0.15, -0.1) is 0 Å². The Morgan fingerprint density at radius 2 is 1.73 bits per heavy atom. The zero-order valence-electron chi connectivity index (χ0n) is 13.7. The van der Waals surface area contributed by atoms with Gasteiger partial charge in [0.25, 0.3) is 5.91 Å². The van der Waals surface area contributed by atoms with Crippen molar-refractivity contribution in [1.82, 2.24) is 5.43 Å². The Morgan fingerprint density at radius 3 is 2.23 bits per heavy atom. The Balaban J connectivity index is 2.06. The molecule has 116 valence electrons. The molecular formula is C18H22N2O2. The number of amides is 1. The first-order valence-electron chi connectivity index (χ1n) is 7.29. The first-order chi connectivity index (χ1) is 10.3. The zero-order chi connectivity index (χ0) is 16.3. The van der Waals surface area contributed by atoms with Crippen LogP contribution in [0.1, 0.15) is 55.1 Å². The van der Waals surface area contributed by atoms with Gasteiger partial charge in [-0.1, -0.05) is 32.9 Å². The van der Waals surface area contributed by atoms with Crippen LogP contribution in [0.5, 0.6) is 0 Å². The zero-order valence-corrected chi connectivity index (χ0v) is 13.7. The van der Waals surface area contributed by atoms with E-state index in [2.05, 4.69) is 31.3 Å². The number of furan rings is 1. The molecule has 1 aromatic heterocycles. The van der Waals surface area contributed by atoms with E-state index in [4.69, 9.17) is 4.42 Å². The molecule has 1 N–H and O–H groups in total. The van der Waals surface area contributed by atoms with Crippen LogP contribution in [-0.4, -0.2) is 11.6 Å². The monoisotopic (exact) mass is 298 g/mol. The maximum Gasteiger partial charge on any atom is 0.271 e. The van der Waals surface area contributed by atoms with Crippen LogP contribution in [0.15, 0.2) is 45.9 Å². The first kappa shape index (κ1) is 16.0. The summed E-state index contributed by atoms with van der Waals surface area (Å²) < 4.78 is 5.45. The van der Waals surface area contributed by atoms with Crippen LogP contribution in [0.25, 0.3) is 0 Å². The number of nitrogens with zero attached hydrogens (tertiary/aromatic N) is 1. The van der Waals surface area contributed by atoms with E-state index >= 15 is 0 Å². The Hall–Kier alpha value is -2.36. The molecule has 1 aromatic carbocycles. The number of hydrazone groups is 1. The van der Waals surface area contributed by atoms with Gasteiger partial charge in [-0.05, 0) is 49.1 Å². The highest BCUT2D eigenvalue weighted by atomic mass is 16.3. The highest BCUT2D eigenvalue weighted by Gasteiger charge is 2.14. The van der Waals surface area contributed by atoms with Crippen molar-refractivity contribution in [3.8, 4) is 0 Å². The number of hydrogen-bond acceptors (Lipinski definition) is 3. The summed E-state index contributed by atoms with van der Waals surface area (Å²) in [4.78, 5) is 12.1. The third-order valence-electron chi connectivity index (χ3n) is 3.44. The summed E-state index contributed by atoms with van der Waals surface area (Å²) in [5.41, 5.74) is 5.03. The maximum absolute atomic E-state index is 12.1. The van der Waals surface area contributed by atoms with Gasteiger partial charge in [-0.25, -0.2) is 5.43 Å². The highest BCUT2D eigenvalue weighted by Crippen LogP contribution is 2.22. The Morgan fingerprint density at radius 1 is 1.09 bits per heavy atom. The standard InChI is InChI=1S/C18H22N2O2/c1-12-6-11-16(22-12)13(2)19-20-17(21)14-7-9-15(10-8-14)18(3,4)5/h6-11H,1-5H3,(H,20,21). The average Bonchev–Trinajstić information content (AvgIpc) is 2.90. The fourth-order valence-corrected chi connectivity index (χ4v) is 2.00. The average molecular weight is 298 g/mol. The first-order valence-corrected chi connectivity index (χ1v) is 7.29. The number of aryl methyl sites for hydroxylation is 1. The van der Waals surface area contributed by atoms with Crippen molar-refractivity contribution in [2.45, 2.75) is 40.0 Å². The van der Waals surface area contributed by atoms with Crippen LogP contribution in [0.4, 0.5) is 0 Å². The number of hydrogen-bond donors (Lipinski definition) is 1. The van der Waals surface area contributed by atoms with E-state index < -0.39 is 0 Å². The summed E-state index contributed by atoms with van der Waals surface area (Å²) in [6.45, 7) is 10.1. The molecule has 4 nitrogen and oxygen atoms in total. The van der Waals surface area contributed by atoms with E-state index in [1.165, 1.54) is 5.56 Å². The van der Waals surface area contributed by atoms with Crippen LogP contribution in [-0.2, 0) is 5.41 Å². The van der Waals surface area contributed by atoms with E-state index in [9.17, 15) is 4.79 Å². The Bertz CT molecular complexity index is 689. The largest absolute Gasteiger partial charge is 0.460 e. The number of benzene rings is 1. The van der Waals surface area contributed by atoms with Gasteiger partial charge in [0, 0.05) is 5.56 Å². The van der Waals surface area contributed by atoms with E-state index in [1.807, 2.05) is 43.3 Å². The minimum absolute atomic E-state index is 0.0703. The molecule has 0 saturated heterocycles. The van der Waals surface area contributed by atoms with E-state index in [0.717, 1.165) is 5.76 Å². The minimum Gasteiger partial charge on any atom is -0.460 e. The van der Waals surface area contributed by atoms with Crippen LogP contribution >= 0.6 is 0 Å². The van der Waals surface area contributed by atoms with Gasteiger partial charge in [0.05, 0.1) is 0 Å². The maximum atomic E-state index is 12.1. The predicted octanol–water partition coefficient (Wildman–Crippen LogP) is 4.04. The summed E-state index contributed by atoms with van der Waals surface area (Å²) in [7, 11) is 0. The minimum atomic E-state index is -0.233. The summed E-state index contributed by atoms with van der Waals surface area (Å²) in [6.07, 6.45) is 0. The molecular weight excluding hydrogens is 276 g/mol. The normalized spacial score (nSPS) is 12.3. The van der Waals surface area contributed by atoms with Crippen molar-refractivity contribution in [1.29, 1.82) is 0 Å². The molecule has 0 fully saturated rings. The van der Waals surface area contributed by atoms with Crippen LogP contribution in [0.2, 0.25) is 0 Å². The van der Waals surface area contributed by atoms with Gasteiger partial charge < -0.3 is 4.42 Å². The second-order valence-corrected chi connectivity index (χ2v) is 6.38. The predicted molar refractivity (Wildman–Crippen MR) is 88.3 cm³/mol. The van der Waals surface area contributed by atoms with Gasteiger partial charge in [0.15, 0.2) is 0 Å². The van der Waals surface area contributed by atoms with Crippen molar-refractivity contribution in [2.24, 2.45) is 5.10 Å². The topological polar surface area (TPSA) is 54.6 Å². The second-order valence-electron chi connectivity index (χ2n) is 6.38. The quantitative estimate of drug-likeness (QED) is 0.687. The molecule has 4 heteroatoms. The molecule has 2 rings (SSSR count). The molecule has 0 unspecified atom stereocenters. The van der Waals surface area contributed by atoms with Crippen LogP contribution < -0.4 is 5.43 Å². The molecule has 0 bridgehead atoms. The lowest BCUT2D eigenvalue weighted by atomic mass is 9.87. The number of carbonyl (C=O) groups is 1. The molecule has 0 spiro atoms. The third kappa shape index (κ3) is 3.85. The summed E-state index contributed by atoms with van der Waals surface area (Å²) in [5.74, 6) is 1.23. The van der Waals surface area contributed by atoms with Gasteiger partial charge in [0.2, 0.25) is 0 Å². The lowest BCUT2D eigenvalue weighted by Gasteiger charge is -2.18.